The number of sulfonamides is 1. The molecule has 4 rings (SSSR count). The smallest absolute Gasteiger partial charge is 0.410 e. The maximum Gasteiger partial charge on any atom is 0.410 e. The van der Waals surface area contributed by atoms with Crippen molar-refractivity contribution in [2.45, 2.75) is 49.7 Å². The van der Waals surface area contributed by atoms with Crippen LogP contribution in [-0.2, 0) is 19.6 Å². The minimum Gasteiger partial charge on any atom is -0.463 e. The molecular weight excluding hydrogens is 526 g/mol. The molecule has 0 radical (unpaired) electrons. The number of β-amino-alcohol motifs (C(OH)–C–C–N with tert-alkyl or cyclic N) is 1. The number of piperazine rings is 1. The Bertz CT molecular complexity index is 1380. The number of benzene rings is 1. The lowest BCUT2D eigenvalue weighted by molar-refractivity contribution is -0.139. The summed E-state index contributed by atoms with van der Waals surface area (Å²) in [5, 5.41) is 11.5. The lowest BCUT2D eigenvalue weighted by Gasteiger charge is -2.42. The molecule has 11 nitrogen and oxygen atoms in total. The summed E-state index contributed by atoms with van der Waals surface area (Å²) in [6, 6.07) is 4.27. The molecule has 2 aromatic rings. The number of piperidine rings is 1. The molecule has 0 saturated carbocycles. The summed E-state index contributed by atoms with van der Waals surface area (Å²) in [6.45, 7) is 5.42. The molecule has 1 N–H and O–H groups in total. The molecule has 2 saturated heterocycles. The molecule has 0 atom stereocenters. The summed E-state index contributed by atoms with van der Waals surface area (Å²) in [7, 11) is -4.30. The van der Waals surface area contributed by atoms with Crippen LogP contribution < -0.4 is 5.43 Å². The number of likely N-dealkylation sites (tertiary alicyclic amines) is 1. The van der Waals surface area contributed by atoms with E-state index in [1.807, 2.05) is 0 Å². The molecule has 0 unspecified atom stereocenters. The first-order chi connectivity index (χ1) is 17.2. The van der Waals surface area contributed by atoms with E-state index in [9.17, 15) is 27.9 Å². The standard InChI is InChI=1S/C24H30ClN3O8S/c1-23(2,3)36-22(31)26-8-6-24(32,7-9-26)15-27-10-11-28(13-20(27)29)37(33,34)19-14-35-18-12-16(25)4-5-17(18)21(19)30/h4-5,12,14,32H,6-11,13,15H2,1-3H3. The number of fused-ring (bicyclic) bond motifs is 1. The summed E-state index contributed by atoms with van der Waals surface area (Å²) in [5.74, 6) is -0.491. The second kappa shape index (κ2) is 9.90. The van der Waals surface area contributed by atoms with Crippen LogP contribution in [0, 0.1) is 0 Å². The van der Waals surface area contributed by atoms with Gasteiger partial charge in [0.15, 0.2) is 4.90 Å². The van der Waals surface area contributed by atoms with Crippen molar-refractivity contribution in [2.75, 3.05) is 39.3 Å². The number of carbonyl (C=O) groups is 2. The molecule has 1 aromatic heterocycles. The van der Waals surface area contributed by atoms with Crippen molar-refractivity contribution < 1.29 is 32.3 Å². The van der Waals surface area contributed by atoms with E-state index in [1.165, 1.54) is 28.0 Å². The van der Waals surface area contributed by atoms with Gasteiger partial charge in [0, 0.05) is 43.8 Å². The first-order valence-electron chi connectivity index (χ1n) is 11.9. The van der Waals surface area contributed by atoms with Crippen LogP contribution in [0.25, 0.3) is 11.0 Å². The molecule has 37 heavy (non-hydrogen) atoms. The number of carbonyl (C=O) groups excluding carboxylic acids is 2. The fraction of sp³-hybridized carbons (Fsp3) is 0.542. The zero-order valence-corrected chi connectivity index (χ0v) is 22.5. The van der Waals surface area contributed by atoms with E-state index in [-0.39, 0.29) is 56.5 Å². The highest BCUT2D eigenvalue weighted by Crippen LogP contribution is 2.27. The van der Waals surface area contributed by atoms with Crippen LogP contribution in [0.15, 0.2) is 38.6 Å². The van der Waals surface area contributed by atoms with Crippen molar-refractivity contribution in [2.24, 2.45) is 0 Å². The predicted octanol–water partition coefficient (Wildman–Crippen LogP) is 2.04. The zero-order valence-electron chi connectivity index (χ0n) is 20.9. The molecular formula is C24H30ClN3O8S. The van der Waals surface area contributed by atoms with Gasteiger partial charge >= 0.3 is 6.09 Å². The Hall–Kier alpha value is -2.67. The Morgan fingerprint density at radius 1 is 1.16 bits per heavy atom. The third-order valence-corrected chi connectivity index (χ3v) is 8.50. The van der Waals surface area contributed by atoms with Crippen LogP contribution in [0.2, 0.25) is 5.02 Å². The average Bonchev–Trinajstić information content (AvgIpc) is 2.79. The summed E-state index contributed by atoms with van der Waals surface area (Å²) in [4.78, 5) is 40.4. The van der Waals surface area contributed by atoms with E-state index >= 15 is 0 Å². The Morgan fingerprint density at radius 2 is 1.84 bits per heavy atom. The molecule has 3 heterocycles. The molecule has 13 heteroatoms. The van der Waals surface area contributed by atoms with Gasteiger partial charge in [-0.25, -0.2) is 13.2 Å². The fourth-order valence-electron chi connectivity index (χ4n) is 4.41. The van der Waals surface area contributed by atoms with Crippen LogP contribution in [0.4, 0.5) is 4.79 Å². The SMILES string of the molecule is CC(C)(C)OC(=O)N1CCC(O)(CN2CCN(S(=O)(=O)c3coc4cc(Cl)ccc4c3=O)CC2=O)CC1. The molecule has 2 aliphatic rings. The Labute approximate surface area is 219 Å². The maximum absolute atomic E-state index is 13.2. The van der Waals surface area contributed by atoms with Gasteiger partial charge in [0.05, 0.1) is 17.5 Å². The topological polar surface area (TPSA) is 138 Å². The molecule has 1 aromatic carbocycles. The summed E-state index contributed by atoms with van der Waals surface area (Å²) >= 11 is 5.90. The molecule has 2 aliphatic heterocycles. The lowest BCUT2D eigenvalue weighted by atomic mass is 9.90. The number of hydrogen-bond donors (Lipinski definition) is 1. The maximum atomic E-state index is 13.2. The number of nitrogens with zero attached hydrogens (tertiary/aromatic N) is 3. The van der Waals surface area contributed by atoms with Gasteiger partial charge < -0.3 is 24.1 Å². The number of hydrogen-bond acceptors (Lipinski definition) is 8. The normalized spacial score (nSPS) is 19.3. The Morgan fingerprint density at radius 3 is 2.46 bits per heavy atom. The summed E-state index contributed by atoms with van der Waals surface area (Å²) < 4.78 is 38.0. The van der Waals surface area contributed by atoms with E-state index in [2.05, 4.69) is 0 Å². The summed E-state index contributed by atoms with van der Waals surface area (Å²) in [5.41, 5.74) is -2.42. The minimum absolute atomic E-state index is 0.0146. The van der Waals surface area contributed by atoms with Crippen LogP contribution in [0.3, 0.4) is 0 Å². The molecule has 202 valence electrons. The van der Waals surface area contributed by atoms with Crippen LogP contribution in [0.5, 0.6) is 0 Å². The molecule has 0 aliphatic carbocycles. The molecule has 0 spiro atoms. The van der Waals surface area contributed by atoms with Gasteiger partial charge in [-0.1, -0.05) is 11.6 Å². The van der Waals surface area contributed by atoms with Crippen molar-refractivity contribution >= 4 is 44.6 Å². The molecule has 2 fully saturated rings. The van der Waals surface area contributed by atoms with E-state index in [0.29, 0.717) is 5.02 Å². The lowest BCUT2D eigenvalue weighted by Crippen LogP contribution is -2.58. The van der Waals surface area contributed by atoms with Crippen LogP contribution >= 0.6 is 11.6 Å². The fourth-order valence-corrected chi connectivity index (χ4v) is 5.96. The summed E-state index contributed by atoms with van der Waals surface area (Å²) in [6.07, 6.45) is 0.917. The first kappa shape index (κ1) is 27.4. The number of ether oxygens (including phenoxy) is 1. The average molecular weight is 556 g/mol. The quantitative estimate of drug-likeness (QED) is 0.605. The van der Waals surface area contributed by atoms with Crippen molar-refractivity contribution in [3.63, 3.8) is 0 Å². The minimum atomic E-state index is -4.30. The van der Waals surface area contributed by atoms with Gasteiger partial charge in [-0.15, -0.1) is 0 Å². The number of halogens is 1. The van der Waals surface area contributed by atoms with Crippen molar-refractivity contribution in [1.82, 2.24) is 14.1 Å². The van der Waals surface area contributed by atoms with Gasteiger partial charge in [0.2, 0.25) is 11.3 Å². The largest absolute Gasteiger partial charge is 0.463 e. The van der Waals surface area contributed by atoms with E-state index < -0.39 is 50.1 Å². The number of amides is 2. The number of aliphatic hydroxyl groups is 1. The number of rotatable bonds is 4. The highest BCUT2D eigenvalue weighted by molar-refractivity contribution is 7.89. The Balaban J connectivity index is 1.40. The van der Waals surface area contributed by atoms with Crippen molar-refractivity contribution in [1.29, 1.82) is 0 Å². The van der Waals surface area contributed by atoms with Gasteiger partial charge in [-0.3, -0.25) is 9.59 Å². The van der Waals surface area contributed by atoms with Crippen LogP contribution in [-0.4, -0.2) is 90.1 Å². The first-order valence-corrected chi connectivity index (χ1v) is 13.7. The zero-order chi connectivity index (χ0) is 27.2. The molecule has 2 amide bonds. The van der Waals surface area contributed by atoms with Crippen LogP contribution in [0.1, 0.15) is 33.6 Å². The highest BCUT2D eigenvalue weighted by Gasteiger charge is 2.41. The highest BCUT2D eigenvalue weighted by atomic mass is 35.5. The molecule has 0 bridgehead atoms. The third kappa shape index (κ3) is 5.92. The van der Waals surface area contributed by atoms with Gasteiger partial charge in [0.25, 0.3) is 10.0 Å². The predicted molar refractivity (Wildman–Crippen MR) is 135 cm³/mol. The third-order valence-electron chi connectivity index (χ3n) is 6.44. The van der Waals surface area contributed by atoms with Crippen molar-refractivity contribution in [3.05, 3.63) is 39.7 Å². The van der Waals surface area contributed by atoms with E-state index in [0.717, 1.165) is 10.6 Å². The van der Waals surface area contributed by atoms with Gasteiger partial charge in [-0.05, 0) is 45.7 Å². The van der Waals surface area contributed by atoms with E-state index in [4.69, 9.17) is 20.8 Å². The van der Waals surface area contributed by atoms with Gasteiger partial charge in [-0.2, -0.15) is 4.31 Å². The monoisotopic (exact) mass is 555 g/mol. The van der Waals surface area contributed by atoms with Crippen molar-refractivity contribution in [3.8, 4) is 0 Å². The van der Waals surface area contributed by atoms with Gasteiger partial charge in [0.1, 0.15) is 17.4 Å². The second-order valence-corrected chi connectivity index (χ2v) is 12.8. The Kier molecular flexibility index (Phi) is 7.32. The van der Waals surface area contributed by atoms with E-state index in [1.54, 1.807) is 20.8 Å². The second-order valence-electron chi connectivity index (χ2n) is 10.4.